The Kier molecular flexibility index (Phi) is 4.85. The number of likely N-dealkylation sites (tertiary alicyclic amines) is 1. The third-order valence-corrected chi connectivity index (χ3v) is 5.02. The van der Waals surface area contributed by atoms with Crippen molar-refractivity contribution in [1.82, 2.24) is 15.5 Å². The van der Waals surface area contributed by atoms with Crippen LogP contribution in [-0.4, -0.2) is 50.6 Å². The van der Waals surface area contributed by atoms with E-state index in [0.717, 1.165) is 32.6 Å². The van der Waals surface area contributed by atoms with Crippen molar-refractivity contribution in [1.29, 1.82) is 0 Å². The van der Waals surface area contributed by atoms with Gasteiger partial charge in [-0.2, -0.15) is 0 Å². The fourth-order valence-corrected chi connectivity index (χ4v) is 3.51. The highest BCUT2D eigenvalue weighted by atomic mass is 16.2. The number of hydrogen-bond acceptors (Lipinski definition) is 3. The van der Waals surface area contributed by atoms with Crippen LogP contribution >= 0.6 is 0 Å². The zero-order chi connectivity index (χ0) is 13.9. The Morgan fingerprint density at radius 3 is 2.89 bits per heavy atom. The molecule has 4 heteroatoms. The van der Waals surface area contributed by atoms with Gasteiger partial charge in [0.25, 0.3) is 0 Å². The third kappa shape index (κ3) is 3.29. The van der Waals surface area contributed by atoms with Crippen molar-refractivity contribution in [3.8, 4) is 0 Å². The number of carbonyl (C=O) groups is 1. The molecular formula is C15H29N3O. The summed E-state index contributed by atoms with van der Waals surface area (Å²) in [6.07, 6.45) is 3.48. The Labute approximate surface area is 117 Å². The van der Waals surface area contributed by atoms with E-state index in [1.807, 2.05) is 0 Å². The van der Waals surface area contributed by atoms with E-state index >= 15 is 0 Å². The van der Waals surface area contributed by atoms with Gasteiger partial charge in [-0.1, -0.05) is 13.8 Å². The standard InChI is InChI=1S/C15H29N3O/c1-12(2)15(6-7-16-11-15)14(19)17-9-13-5-4-8-18(3)10-13/h12-13,16H,4-11H2,1-3H3,(H,17,19). The second kappa shape index (κ2) is 6.23. The maximum absolute atomic E-state index is 12.6. The van der Waals surface area contributed by atoms with E-state index in [9.17, 15) is 4.79 Å². The van der Waals surface area contributed by atoms with Gasteiger partial charge in [0.05, 0.1) is 5.41 Å². The summed E-state index contributed by atoms with van der Waals surface area (Å²) in [6, 6.07) is 0. The molecule has 2 rings (SSSR count). The quantitative estimate of drug-likeness (QED) is 0.801. The minimum atomic E-state index is -0.180. The van der Waals surface area contributed by atoms with Gasteiger partial charge in [-0.3, -0.25) is 4.79 Å². The predicted molar refractivity (Wildman–Crippen MR) is 78.0 cm³/mol. The lowest BCUT2D eigenvalue weighted by atomic mass is 9.75. The molecule has 2 aliphatic rings. The summed E-state index contributed by atoms with van der Waals surface area (Å²) in [4.78, 5) is 14.9. The molecule has 0 aromatic heterocycles. The first-order valence-corrected chi connectivity index (χ1v) is 7.72. The molecule has 0 aliphatic carbocycles. The largest absolute Gasteiger partial charge is 0.355 e. The van der Waals surface area contributed by atoms with Crippen LogP contribution in [0.2, 0.25) is 0 Å². The van der Waals surface area contributed by atoms with Gasteiger partial charge in [-0.25, -0.2) is 0 Å². The van der Waals surface area contributed by atoms with Gasteiger partial charge in [-0.05, 0) is 51.2 Å². The molecule has 2 unspecified atom stereocenters. The fraction of sp³-hybridized carbons (Fsp3) is 0.933. The van der Waals surface area contributed by atoms with E-state index in [2.05, 4.69) is 36.4 Å². The van der Waals surface area contributed by atoms with Gasteiger partial charge in [0.1, 0.15) is 0 Å². The van der Waals surface area contributed by atoms with Gasteiger partial charge in [-0.15, -0.1) is 0 Å². The molecule has 0 aromatic carbocycles. The van der Waals surface area contributed by atoms with E-state index in [-0.39, 0.29) is 11.3 Å². The van der Waals surface area contributed by atoms with Crippen LogP contribution in [0.25, 0.3) is 0 Å². The summed E-state index contributed by atoms with van der Waals surface area (Å²) in [7, 11) is 2.17. The number of nitrogens with one attached hydrogen (secondary N) is 2. The van der Waals surface area contributed by atoms with Crippen LogP contribution in [0, 0.1) is 17.3 Å². The summed E-state index contributed by atoms with van der Waals surface area (Å²) in [5, 5.41) is 6.58. The third-order valence-electron chi connectivity index (χ3n) is 5.02. The lowest BCUT2D eigenvalue weighted by Crippen LogP contribution is -2.48. The molecule has 0 saturated carbocycles. The molecule has 19 heavy (non-hydrogen) atoms. The molecule has 1 amide bonds. The summed E-state index contributed by atoms with van der Waals surface area (Å²) in [6.45, 7) is 9.30. The Morgan fingerprint density at radius 2 is 2.32 bits per heavy atom. The van der Waals surface area contributed by atoms with Crippen molar-refractivity contribution in [2.24, 2.45) is 17.3 Å². The van der Waals surface area contributed by atoms with Crippen molar-refractivity contribution < 1.29 is 4.79 Å². The van der Waals surface area contributed by atoms with Crippen molar-refractivity contribution in [3.05, 3.63) is 0 Å². The molecule has 0 radical (unpaired) electrons. The first-order valence-electron chi connectivity index (χ1n) is 7.72. The van der Waals surface area contributed by atoms with Gasteiger partial charge in [0.2, 0.25) is 5.91 Å². The molecule has 2 aliphatic heterocycles. The molecule has 2 heterocycles. The van der Waals surface area contributed by atoms with Gasteiger partial charge in [0.15, 0.2) is 0 Å². The second-order valence-electron chi connectivity index (χ2n) is 6.72. The zero-order valence-electron chi connectivity index (χ0n) is 12.7. The number of hydrogen-bond donors (Lipinski definition) is 2. The minimum Gasteiger partial charge on any atom is -0.355 e. The number of nitrogens with zero attached hydrogens (tertiary/aromatic N) is 1. The topological polar surface area (TPSA) is 44.4 Å². The minimum absolute atomic E-state index is 0.180. The average Bonchev–Trinajstić information content (AvgIpc) is 2.86. The maximum atomic E-state index is 12.6. The molecule has 2 saturated heterocycles. The number of rotatable bonds is 4. The number of piperidine rings is 1. The summed E-state index contributed by atoms with van der Waals surface area (Å²) in [5.41, 5.74) is -0.180. The lowest BCUT2D eigenvalue weighted by Gasteiger charge is -2.34. The molecule has 0 aromatic rings. The molecule has 2 N–H and O–H groups in total. The Balaban J connectivity index is 1.86. The Bertz CT molecular complexity index is 311. The maximum Gasteiger partial charge on any atom is 0.227 e. The van der Waals surface area contributed by atoms with Crippen molar-refractivity contribution >= 4 is 5.91 Å². The first-order chi connectivity index (χ1) is 9.04. The summed E-state index contributed by atoms with van der Waals surface area (Å²) < 4.78 is 0. The Morgan fingerprint density at radius 1 is 1.53 bits per heavy atom. The van der Waals surface area contributed by atoms with Crippen molar-refractivity contribution in [2.45, 2.75) is 33.1 Å². The highest BCUT2D eigenvalue weighted by Crippen LogP contribution is 2.34. The van der Waals surface area contributed by atoms with Gasteiger partial charge in [0, 0.05) is 19.6 Å². The molecule has 110 valence electrons. The highest BCUT2D eigenvalue weighted by molar-refractivity contribution is 5.83. The summed E-state index contributed by atoms with van der Waals surface area (Å²) >= 11 is 0. The monoisotopic (exact) mass is 267 g/mol. The second-order valence-corrected chi connectivity index (χ2v) is 6.72. The average molecular weight is 267 g/mol. The predicted octanol–water partition coefficient (Wildman–Crippen LogP) is 1.08. The van der Waals surface area contributed by atoms with Crippen LogP contribution in [0.1, 0.15) is 33.1 Å². The smallest absolute Gasteiger partial charge is 0.227 e. The molecule has 4 nitrogen and oxygen atoms in total. The molecule has 2 fully saturated rings. The highest BCUT2D eigenvalue weighted by Gasteiger charge is 2.43. The Hall–Kier alpha value is -0.610. The lowest BCUT2D eigenvalue weighted by molar-refractivity contribution is -0.132. The van der Waals surface area contributed by atoms with Gasteiger partial charge < -0.3 is 15.5 Å². The van der Waals surface area contributed by atoms with Crippen molar-refractivity contribution in [2.75, 3.05) is 39.8 Å². The van der Waals surface area contributed by atoms with Crippen LogP contribution in [0.15, 0.2) is 0 Å². The van der Waals surface area contributed by atoms with E-state index in [1.54, 1.807) is 0 Å². The molecule has 0 bridgehead atoms. The van der Waals surface area contributed by atoms with E-state index < -0.39 is 0 Å². The molecular weight excluding hydrogens is 238 g/mol. The number of carbonyl (C=O) groups excluding carboxylic acids is 1. The molecule has 2 atom stereocenters. The molecule has 0 spiro atoms. The van der Waals surface area contributed by atoms with E-state index in [4.69, 9.17) is 0 Å². The van der Waals surface area contributed by atoms with E-state index in [1.165, 1.54) is 19.4 Å². The first kappa shape index (κ1) is 14.8. The van der Waals surface area contributed by atoms with Crippen LogP contribution in [0.4, 0.5) is 0 Å². The van der Waals surface area contributed by atoms with Crippen LogP contribution in [0.5, 0.6) is 0 Å². The zero-order valence-corrected chi connectivity index (χ0v) is 12.7. The fourth-order valence-electron chi connectivity index (χ4n) is 3.51. The normalized spacial score (nSPS) is 32.7. The summed E-state index contributed by atoms with van der Waals surface area (Å²) in [5.74, 6) is 1.29. The van der Waals surface area contributed by atoms with Gasteiger partial charge >= 0.3 is 0 Å². The number of amides is 1. The van der Waals surface area contributed by atoms with Crippen LogP contribution in [-0.2, 0) is 4.79 Å². The van der Waals surface area contributed by atoms with Crippen LogP contribution in [0.3, 0.4) is 0 Å². The van der Waals surface area contributed by atoms with Crippen molar-refractivity contribution in [3.63, 3.8) is 0 Å². The SMILES string of the molecule is CC(C)C1(C(=O)NCC2CCCN(C)C2)CCNC1. The van der Waals surface area contributed by atoms with E-state index in [0.29, 0.717) is 11.8 Å². The van der Waals surface area contributed by atoms with Crippen LogP contribution < -0.4 is 10.6 Å².